The number of benzene rings is 1. The number of rotatable bonds is 4. The van der Waals surface area contributed by atoms with Crippen molar-refractivity contribution in [1.82, 2.24) is 4.98 Å². The number of nitrogens with one attached hydrogen (secondary N) is 1. The SMILES string of the molecule is COc1cccc(C(=N)Cc2cccnc2)c1O. The zero-order valence-corrected chi connectivity index (χ0v) is 10.1. The van der Waals surface area contributed by atoms with Gasteiger partial charge in [0.2, 0.25) is 0 Å². The molecule has 0 aliphatic rings. The molecule has 0 radical (unpaired) electrons. The normalized spacial score (nSPS) is 10.1. The van der Waals surface area contributed by atoms with Gasteiger partial charge in [-0.25, -0.2) is 0 Å². The molecule has 0 saturated carbocycles. The molecule has 4 heteroatoms. The fraction of sp³-hybridized carbons (Fsp3) is 0.143. The third-order valence-corrected chi connectivity index (χ3v) is 2.65. The molecule has 1 aromatic carbocycles. The third kappa shape index (κ3) is 2.48. The molecule has 0 saturated heterocycles. The smallest absolute Gasteiger partial charge is 0.166 e. The molecule has 0 aliphatic carbocycles. The second kappa shape index (κ2) is 5.31. The Morgan fingerprint density at radius 1 is 1.33 bits per heavy atom. The second-order valence-corrected chi connectivity index (χ2v) is 3.87. The number of phenolic OH excluding ortho intramolecular Hbond substituents is 1. The van der Waals surface area contributed by atoms with Crippen molar-refractivity contribution in [3.8, 4) is 11.5 Å². The van der Waals surface area contributed by atoms with Crippen LogP contribution in [0.4, 0.5) is 0 Å². The Kier molecular flexibility index (Phi) is 3.57. The zero-order chi connectivity index (χ0) is 13.0. The van der Waals surface area contributed by atoms with Crippen LogP contribution in [-0.2, 0) is 6.42 Å². The fourth-order valence-electron chi connectivity index (χ4n) is 1.73. The van der Waals surface area contributed by atoms with Crippen LogP contribution in [0.5, 0.6) is 11.5 Å². The van der Waals surface area contributed by atoms with Crippen LogP contribution in [0.25, 0.3) is 0 Å². The molecule has 2 N–H and O–H groups in total. The Bertz CT molecular complexity index is 553. The number of pyridine rings is 1. The van der Waals surface area contributed by atoms with Crippen LogP contribution >= 0.6 is 0 Å². The van der Waals surface area contributed by atoms with Crippen LogP contribution < -0.4 is 4.74 Å². The standard InChI is InChI=1S/C14H14N2O2/c1-18-13-6-2-5-11(14(13)17)12(15)8-10-4-3-7-16-9-10/h2-7,9,15,17H,8H2,1H3. The quantitative estimate of drug-likeness (QED) is 0.809. The van der Waals surface area contributed by atoms with E-state index in [0.717, 1.165) is 5.56 Å². The molecular formula is C14H14N2O2. The number of aromatic hydroxyl groups is 1. The molecule has 92 valence electrons. The van der Waals surface area contributed by atoms with Crippen molar-refractivity contribution in [1.29, 1.82) is 5.41 Å². The van der Waals surface area contributed by atoms with E-state index < -0.39 is 0 Å². The number of hydrogen-bond donors (Lipinski definition) is 2. The predicted molar refractivity (Wildman–Crippen MR) is 69.4 cm³/mol. The van der Waals surface area contributed by atoms with Crippen molar-refractivity contribution in [2.75, 3.05) is 7.11 Å². The maximum absolute atomic E-state index is 9.96. The van der Waals surface area contributed by atoms with Gasteiger partial charge in [0.1, 0.15) is 0 Å². The summed E-state index contributed by atoms with van der Waals surface area (Å²) in [5.41, 5.74) is 1.75. The molecule has 1 heterocycles. The molecule has 2 rings (SSSR count). The summed E-state index contributed by atoms with van der Waals surface area (Å²) in [6.45, 7) is 0. The highest BCUT2D eigenvalue weighted by Crippen LogP contribution is 2.30. The monoisotopic (exact) mass is 242 g/mol. The van der Waals surface area contributed by atoms with Gasteiger partial charge in [-0.2, -0.15) is 0 Å². The van der Waals surface area contributed by atoms with Gasteiger partial charge in [-0.05, 0) is 23.8 Å². The summed E-state index contributed by atoms with van der Waals surface area (Å²) >= 11 is 0. The van der Waals surface area contributed by atoms with Gasteiger partial charge in [0.25, 0.3) is 0 Å². The number of para-hydroxylation sites is 1. The summed E-state index contributed by atoms with van der Waals surface area (Å²) in [5, 5.41) is 18.0. The van der Waals surface area contributed by atoms with Crippen molar-refractivity contribution in [2.24, 2.45) is 0 Å². The van der Waals surface area contributed by atoms with Gasteiger partial charge in [-0.1, -0.05) is 12.1 Å². The van der Waals surface area contributed by atoms with Gasteiger partial charge >= 0.3 is 0 Å². The molecule has 2 aromatic rings. The van der Waals surface area contributed by atoms with Gasteiger partial charge in [0.05, 0.1) is 7.11 Å². The van der Waals surface area contributed by atoms with E-state index in [9.17, 15) is 5.11 Å². The molecule has 0 amide bonds. The summed E-state index contributed by atoms with van der Waals surface area (Å²) in [6, 6.07) is 8.85. The van der Waals surface area contributed by atoms with Crippen molar-refractivity contribution in [2.45, 2.75) is 6.42 Å². The summed E-state index contributed by atoms with van der Waals surface area (Å²) in [4.78, 5) is 4.00. The lowest BCUT2D eigenvalue weighted by atomic mass is 10.0. The van der Waals surface area contributed by atoms with E-state index in [-0.39, 0.29) is 5.75 Å². The predicted octanol–water partition coefficient (Wildman–Crippen LogP) is 2.41. The van der Waals surface area contributed by atoms with Crippen molar-refractivity contribution >= 4 is 5.71 Å². The minimum atomic E-state index is 0.00823. The van der Waals surface area contributed by atoms with Crippen LogP contribution in [0.3, 0.4) is 0 Å². The summed E-state index contributed by atoms with van der Waals surface area (Å²) in [6.07, 6.45) is 3.83. The number of methoxy groups -OCH3 is 1. The highest BCUT2D eigenvalue weighted by atomic mass is 16.5. The van der Waals surface area contributed by atoms with Crippen molar-refractivity contribution < 1.29 is 9.84 Å². The maximum Gasteiger partial charge on any atom is 0.166 e. The van der Waals surface area contributed by atoms with Gasteiger partial charge in [0.15, 0.2) is 11.5 Å². The van der Waals surface area contributed by atoms with Crippen LogP contribution in [-0.4, -0.2) is 22.9 Å². The molecule has 0 fully saturated rings. The molecule has 0 atom stereocenters. The zero-order valence-electron chi connectivity index (χ0n) is 10.1. The van der Waals surface area contributed by atoms with E-state index in [1.807, 2.05) is 12.1 Å². The van der Waals surface area contributed by atoms with Crippen molar-refractivity contribution in [3.63, 3.8) is 0 Å². The maximum atomic E-state index is 9.96. The Morgan fingerprint density at radius 3 is 2.83 bits per heavy atom. The molecular weight excluding hydrogens is 228 g/mol. The number of ether oxygens (including phenoxy) is 1. The van der Waals surface area contributed by atoms with E-state index in [2.05, 4.69) is 4.98 Å². The van der Waals surface area contributed by atoms with Crippen LogP contribution in [0.1, 0.15) is 11.1 Å². The van der Waals surface area contributed by atoms with Gasteiger partial charge < -0.3 is 15.3 Å². The summed E-state index contributed by atoms with van der Waals surface area (Å²) in [7, 11) is 1.49. The van der Waals surface area contributed by atoms with E-state index in [4.69, 9.17) is 10.1 Å². The lowest BCUT2D eigenvalue weighted by molar-refractivity contribution is 0.373. The first kappa shape index (κ1) is 12.1. The first-order valence-electron chi connectivity index (χ1n) is 5.55. The van der Waals surface area contributed by atoms with Crippen LogP contribution in [0, 0.1) is 5.41 Å². The van der Waals surface area contributed by atoms with Gasteiger partial charge in [-0.3, -0.25) is 4.98 Å². The molecule has 18 heavy (non-hydrogen) atoms. The van der Waals surface area contributed by atoms with E-state index in [0.29, 0.717) is 23.4 Å². The van der Waals surface area contributed by atoms with Crippen LogP contribution in [0.15, 0.2) is 42.7 Å². The fourth-order valence-corrected chi connectivity index (χ4v) is 1.73. The lowest BCUT2D eigenvalue weighted by Crippen LogP contribution is -2.04. The topological polar surface area (TPSA) is 66.2 Å². The Morgan fingerprint density at radius 2 is 2.17 bits per heavy atom. The van der Waals surface area contributed by atoms with E-state index >= 15 is 0 Å². The Labute approximate surface area is 105 Å². The average molecular weight is 242 g/mol. The average Bonchev–Trinajstić information content (AvgIpc) is 2.40. The number of phenols is 1. The minimum Gasteiger partial charge on any atom is -0.504 e. The highest BCUT2D eigenvalue weighted by molar-refractivity contribution is 6.02. The molecule has 1 aromatic heterocycles. The Balaban J connectivity index is 2.24. The molecule has 0 spiro atoms. The van der Waals surface area contributed by atoms with Gasteiger partial charge in [0, 0.05) is 30.1 Å². The first-order valence-corrected chi connectivity index (χ1v) is 5.55. The number of aromatic nitrogens is 1. The highest BCUT2D eigenvalue weighted by Gasteiger charge is 2.12. The third-order valence-electron chi connectivity index (χ3n) is 2.65. The van der Waals surface area contributed by atoms with Gasteiger partial charge in [-0.15, -0.1) is 0 Å². The summed E-state index contributed by atoms with van der Waals surface area (Å²) < 4.78 is 5.03. The lowest BCUT2D eigenvalue weighted by Gasteiger charge is -2.09. The number of nitrogens with zero attached hydrogens (tertiary/aromatic N) is 1. The first-order chi connectivity index (χ1) is 8.72. The van der Waals surface area contributed by atoms with E-state index in [1.54, 1.807) is 30.6 Å². The van der Waals surface area contributed by atoms with E-state index in [1.165, 1.54) is 7.11 Å². The summed E-state index contributed by atoms with van der Waals surface area (Å²) in [5.74, 6) is 0.386. The number of hydrogen-bond acceptors (Lipinski definition) is 4. The molecule has 0 aliphatic heterocycles. The minimum absolute atomic E-state index is 0.00823. The van der Waals surface area contributed by atoms with Crippen LogP contribution in [0.2, 0.25) is 0 Å². The second-order valence-electron chi connectivity index (χ2n) is 3.87. The van der Waals surface area contributed by atoms with Crippen molar-refractivity contribution in [3.05, 3.63) is 53.9 Å². The molecule has 0 unspecified atom stereocenters. The largest absolute Gasteiger partial charge is 0.504 e. The molecule has 0 bridgehead atoms. The molecule has 4 nitrogen and oxygen atoms in total. The Hall–Kier alpha value is -2.36.